The maximum absolute atomic E-state index is 14.4. The van der Waals surface area contributed by atoms with E-state index in [1.807, 2.05) is 0 Å². The van der Waals surface area contributed by atoms with Gasteiger partial charge in [0, 0.05) is 15.5 Å². The van der Waals surface area contributed by atoms with E-state index in [0.717, 1.165) is 0 Å². The van der Waals surface area contributed by atoms with Crippen LogP contribution in [0, 0.1) is 5.82 Å². The second-order valence-electron chi connectivity index (χ2n) is 4.74. The summed E-state index contributed by atoms with van der Waals surface area (Å²) >= 11 is 3.26. The van der Waals surface area contributed by atoms with Crippen molar-refractivity contribution in [3.05, 3.63) is 21.9 Å². The zero-order valence-electron chi connectivity index (χ0n) is 9.92. The van der Waals surface area contributed by atoms with Crippen molar-refractivity contribution in [2.24, 2.45) is 0 Å². The molecule has 1 aromatic carbocycles. The van der Waals surface area contributed by atoms with Crippen LogP contribution in [0.1, 0.15) is 25.8 Å². The topological polar surface area (TPSA) is 55.8 Å². The number of benzene rings is 1. The first-order valence-corrected chi connectivity index (χ1v) is 6.12. The van der Waals surface area contributed by atoms with Gasteiger partial charge >= 0.3 is 5.97 Å². The molecular formula is C12H12BrFO4. The molecular weight excluding hydrogens is 307 g/mol. The van der Waals surface area contributed by atoms with Crippen molar-refractivity contribution in [1.29, 1.82) is 0 Å². The lowest BCUT2D eigenvalue weighted by Crippen LogP contribution is -2.23. The molecule has 0 radical (unpaired) electrons. The van der Waals surface area contributed by atoms with Crippen LogP contribution in [0.2, 0.25) is 0 Å². The van der Waals surface area contributed by atoms with E-state index in [2.05, 4.69) is 15.9 Å². The molecule has 98 valence electrons. The average Bonchev–Trinajstić information content (AvgIpc) is 2.62. The average molecular weight is 319 g/mol. The second-order valence-corrected chi connectivity index (χ2v) is 5.59. The Kier molecular flexibility index (Phi) is 3.23. The Labute approximate surface area is 112 Å². The van der Waals surface area contributed by atoms with Crippen molar-refractivity contribution in [3.8, 4) is 11.5 Å². The number of rotatable bonds is 3. The van der Waals surface area contributed by atoms with E-state index in [4.69, 9.17) is 14.6 Å². The highest BCUT2D eigenvalue weighted by Gasteiger charge is 2.34. The molecule has 0 bridgehead atoms. The quantitative estimate of drug-likeness (QED) is 0.930. The molecule has 2 rings (SSSR count). The zero-order chi connectivity index (χ0) is 13.5. The van der Waals surface area contributed by atoms with Crippen LogP contribution in [-0.4, -0.2) is 17.9 Å². The maximum Gasteiger partial charge on any atom is 0.304 e. The summed E-state index contributed by atoms with van der Waals surface area (Å²) in [6, 6.07) is 1.60. The molecule has 0 spiro atoms. The number of halogens is 2. The standard InChI is InChI=1S/C12H12BrFO4/c1-12(2,4-8(15)16)9-6(13)3-7-11(10(9)14)18-5-17-7/h3H,4-5H2,1-2H3,(H,15,16). The Balaban J connectivity index is 2.54. The third kappa shape index (κ3) is 2.16. The second kappa shape index (κ2) is 4.42. The molecule has 0 fully saturated rings. The van der Waals surface area contributed by atoms with Gasteiger partial charge in [0.2, 0.25) is 12.5 Å². The van der Waals surface area contributed by atoms with Gasteiger partial charge in [-0.3, -0.25) is 4.79 Å². The lowest BCUT2D eigenvalue weighted by molar-refractivity contribution is -0.138. The van der Waals surface area contributed by atoms with Crippen LogP contribution in [0.15, 0.2) is 10.5 Å². The van der Waals surface area contributed by atoms with Crippen LogP contribution in [0.3, 0.4) is 0 Å². The first kappa shape index (κ1) is 13.1. The molecule has 0 atom stereocenters. The highest BCUT2D eigenvalue weighted by Crippen LogP contribution is 2.45. The van der Waals surface area contributed by atoms with Gasteiger partial charge in [-0.2, -0.15) is 0 Å². The van der Waals surface area contributed by atoms with Crippen LogP contribution in [0.25, 0.3) is 0 Å². The first-order chi connectivity index (χ1) is 8.33. The van der Waals surface area contributed by atoms with Crippen molar-refractivity contribution in [2.75, 3.05) is 6.79 Å². The van der Waals surface area contributed by atoms with Crippen LogP contribution in [0.5, 0.6) is 11.5 Å². The number of carboxylic acids is 1. The predicted molar refractivity (Wildman–Crippen MR) is 65.5 cm³/mol. The van der Waals surface area contributed by atoms with Crippen LogP contribution < -0.4 is 9.47 Å². The summed E-state index contributed by atoms with van der Waals surface area (Å²) < 4.78 is 25.0. The van der Waals surface area contributed by atoms with Gasteiger partial charge in [-0.25, -0.2) is 4.39 Å². The fourth-order valence-corrected chi connectivity index (χ4v) is 2.98. The number of ether oxygens (including phenoxy) is 2. The van der Waals surface area contributed by atoms with Crippen molar-refractivity contribution in [2.45, 2.75) is 25.7 Å². The highest BCUT2D eigenvalue weighted by atomic mass is 79.9. The third-order valence-electron chi connectivity index (χ3n) is 2.83. The van der Waals surface area contributed by atoms with E-state index in [1.165, 1.54) is 0 Å². The van der Waals surface area contributed by atoms with Gasteiger partial charge in [-0.15, -0.1) is 0 Å². The van der Waals surface area contributed by atoms with Gasteiger partial charge in [0.1, 0.15) is 0 Å². The minimum atomic E-state index is -0.982. The Morgan fingerprint density at radius 2 is 2.22 bits per heavy atom. The minimum absolute atomic E-state index is 0.0263. The maximum atomic E-state index is 14.4. The van der Waals surface area contributed by atoms with Crippen LogP contribution >= 0.6 is 15.9 Å². The van der Waals surface area contributed by atoms with Crippen molar-refractivity contribution in [3.63, 3.8) is 0 Å². The largest absolute Gasteiger partial charge is 0.481 e. The molecule has 0 amide bonds. The Morgan fingerprint density at radius 1 is 1.56 bits per heavy atom. The highest BCUT2D eigenvalue weighted by molar-refractivity contribution is 9.10. The van der Waals surface area contributed by atoms with E-state index >= 15 is 0 Å². The zero-order valence-corrected chi connectivity index (χ0v) is 11.5. The molecule has 1 heterocycles. The van der Waals surface area contributed by atoms with Crippen molar-refractivity contribution >= 4 is 21.9 Å². The van der Waals surface area contributed by atoms with Gasteiger partial charge in [0.25, 0.3) is 0 Å². The summed E-state index contributed by atoms with van der Waals surface area (Å²) in [5, 5.41) is 8.89. The summed E-state index contributed by atoms with van der Waals surface area (Å²) in [5.41, 5.74) is -0.565. The van der Waals surface area contributed by atoms with Gasteiger partial charge in [0.05, 0.1) is 6.42 Å². The monoisotopic (exact) mass is 318 g/mol. The first-order valence-electron chi connectivity index (χ1n) is 5.33. The summed E-state index contributed by atoms with van der Waals surface area (Å²) in [7, 11) is 0. The smallest absolute Gasteiger partial charge is 0.304 e. The fraction of sp³-hybridized carbons (Fsp3) is 0.417. The fourth-order valence-electron chi connectivity index (χ4n) is 2.06. The SMILES string of the molecule is CC(C)(CC(=O)O)c1c(Br)cc2c(c1F)OCO2. The molecule has 18 heavy (non-hydrogen) atoms. The summed E-state index contributed by atoms with van der Waals surface area (Å²) in [5.74, 6) is -1.17. The normalized spacial score (nSPS) is 13.8. The third-order valence-corrected chi connectivity index (χ3v) is 3.45. The number of fused-ring (bicyclic) bond motifs is 1. The van der Waals surface area contributed by atoms with E-state index in [9.17, 15) is 9.18 Å². The molecule has 0 saturated heterocycles. The van der Waals surface area contributed by atoms with E-state index < -0.39 is 17.2 Å². The molecule has 0 saturated carbocycles. The summed E-state index contributed by atoms with van der Waals surface area (Å²) in [6.45, 7) is 3.32. The Bertz CT molecular complexity index is 513. The molecule has 1 aliphatic rings. The summed E-state index contributed by atoms with van der Waals surface area (Å²) in [4.78, 5) is 10.9. The van der Waals surface area contributed by atoms with Crippen molar-refractivity contribution < 1.29 is 23.8 Å². The Morgan fingerprint density at radius 3 is 2.83 bits per heavy atom. The van der Waals surface area contributed by atoms with Crippen molar-refractivity contribution in [1.82, 2.24) is 0 Å². The summed E-state index contributed by atoms with van der Waals surface area (Å²) in [6.07, 6.45) is -0.178. The predicted octanol–water partition coefficient (Wildman–Crippen LogP) is 3.07. The minimum Gasteiger partial charge on any atom is -0.481 e. The molecule has 1 N–H and O–H groups in total. The molecule has 0 aromatic heterocycles. The molecule has 4 nitrogen and oxygen atoms in total. The Hall–Kier alpha value is -1.30. The van der Waals surface area contributed by atoms with Gasteiger partial charge in [-0.1, -0.05) is 29.8 Å². The van der Waals surface area contributed by atoms with Crippen LogP contribution in [0.4, 0.5) is 4.39 Å². The number of carbonyl (C=O) groups is 1. The molecule has 0 aliphatic carbocycles. The lowest BCUT2D eigenvalue weighted by atomic mass is 9.81. The van der Waals surface area contributed by atoms with E-state index in [1.54, 1.807) is 19.9 Å². The molecule has 6 heteroatoms. The molecule has 1 aliphatic heterocycles. The number of carboxylic acid groups (broad SMARTS) is 1. The van der Waals surface area contributed by atoms with E-state index in [-0.39, 0.29) is 24.5 Å². The van der Waals surface area contributed by atoms with Gasteiger partial charge < -0.3 is 14.6 Å². The molecule has 1 aromatic rings. The number of hydrogen-bond donors (Lipinski definition) is 1. The number of hydrogen-bond acceptors (Lipinski definition) is 3. The lowest BCUT2D eigenvalue weighted by Gasteiger charge is -2.25. The van der Waals surface area contributed by atoms with Crippen LogP contribution in [-0.2, 0) is 10.2 Å². The van der Waals surface area contributed by atoms with E-state index in [0.29, 0.717) is 10.2 Å². The molecule has 0 unspecified atom stereocenters. The van der Waals surface area contributed by atoms with Gasteiger partial charge in [0.15, 0.2) is 11.6 Å². The van der Waals surface area contributed by atoms with Gasteiger partial charge in [-0.05, 0) is 6.07 Å². The number of aliphatic carboxylic acids is 1.